The predicted molar refractivity (Wildman–Crippen MR) is 192 cm³/mol. The molecule has 0 spiro atoms. The molecule has 0 atom stereocenters. The van der Waals surface area contributed by atoms with Crippen LogP contribution in [0.15, 0.2) is 97.1 Å². The Bertz CT molecular complexity index is 2240. The van der Waals surface area contributed by atoms with Gasteiger partial charge in [0.1, 0.15) is 23.8 Å². The molecule has 0 saturated heterocycles. The van der Waals surface area contributed by atoms with Gasteiger partial charge in [0, 0.05) is 87.0 Å². The molecule has 0 amide bonds. The molecule has 8 heteroatoms. The van der Waals surface area contributed by atoms with E-state index in [0.29, 0.717) is 5.82 Å². The number of benzene rings is 4. The van der Waals surface area contributed by atoms with Crippen molar-refractivity contribution in [2.45, 2.75) is 0 Å². The maximum absolute atomic E-state index is 9.38. The Labute approximate surface area is 281 Å². The largest absolute Gasteiger partial charge is 0.378 e. The summed E-state index contributed by atoms with van der Waals surface area (Å²) in [5.74, 6) is 7.93. The van der Waals surface area contributed by atoms with Gasteiger partial charge in [-0.3, -0.25) is 0 Å². The summed E-state index contributed by atoms with van der Waals surface area (Å²) in [6.45, 7) is 0. The van der Waals surface area contributed by atoms with E-state index in [-0.39, 0.29) is 11.4 Å². The summed E-state index contributed by atoms with van der Waals surface area (Å²) in [7, 11) is 12.0. The highest BCUT2D eigenvalue weighted by molar-refractivity contribution is 5.83. The van der Waals surface area contributed by atoms with Crippen LogP contribution in [0.3, 0.4) is 0 Å². The first-order valence-corrected chi connectivity index (χ1v) is 15.4. The molecule has 0 unspecified atom stereocenters. The van der Waals surface area contributed by atoms with Gasteiger partial charge in [-0.15, -0.1) is 0 Å². The summed E-state index contributed by atoms with van der Waals surface area (Å²) in [5, 5.41) is 18.7. The van der Waals surface area contributed by atoms with Crippen molar-refractivity contribution in [1.29, 1.82) is 10.5 Å². The molecule has 234 valence electrons. The number of nitriles is 2. The Morgan fingerprint density at radius 1 is 0.521 bits per heavy atom. The van der Waals surface area contributed by atoms with Crippen LogP contribution in [0.5, 0.6) is 0 Å². The first-order valence-electron chi connectivity index (χ1n) is 15.4. The number of hydrogen-bond donors (Lipinski definition) is 0. The zero-order valence-corrected chi connectivity index (χ0v) is 27.8. The minimum atomic E-state index is 0.123. The third-order valence-corrected chi connectivity index (χ3v) is 8.35. The smallest absolute Gasteiger partial charge is 0.177 e. The van der Waals surface area contributed by atoms with Crippen molar-refractivity contribution in [3.63, 3.8) is 0 Å². The zero-order chi connectivity index (χ0) is 33.9. The Kier molecular flexibility index (Phi) is 8.54. The van der Waals surface area contributed by atoms with Crippen molar-refractivity contribution in [2.24, 2.45) is 14.1 Å². The van der Waals surface area contributed by atoms with Crippen LogP contribution in [0.2, 0.25) is 0 Å². The minimum Gasteiger partial charge on any atom is -0.378 e. The first-order chi connectivity index (χ1) is 23.2. The van der Waals surface area contributed by atoms with Gasteiger partial charge in [0.05, 0.1) is 11.4 Å². The SMILES string of the molecule is CN(C)c1ccc(-c2nc(-c3ccc(C#Cc4ccc(-c5nc(C#N)c(C#N)n5C)cc4)cc3)n(C)c2-c2ccc(N(C)C)cc2)cc1. The van der Waals surface area contributed by atoms with Crippen molar-refractivity contribution < 1.29 is 0 Å². The number of anilines is 2. The molecule has 4 aromatic carbocycles. The zero-order valence-electron chi connectivity index (χ0n) is 27.8. The number of imidazole rings is 2. The lowest BCUT2D eigenvalue weighted by atomic mass is 10.0. The van der Waals surface area contributed by atoms with Crippen LogP contribution in [0.1, 0.15) is 22.5 Å². The Hall–Kier alpha value is -6.56. The molecule has 0 radical (unpaired) electrons. The highest BCUT2D eigenvalue weighted by Gasteiger charge is 2.20. The number of nitrogens with zero attached hydrogens (tertiary/aromatic N) is 8. The average molecular weight is 627 g/mol. The molecule has 0 bridgehead atoms. The average Bonchev–Trinajstić information content (AvgIpc) is 3.63. The monoisotopic (exact) mass is 626 g/mol. The normalized spacial score (nSPS) is 10.5. The van der Waals surface area contributed by atoms with E-state index in [0.717, 1.165) is 62.0 Å². The fourth-order valence-corrected chi connectivity index (χ4v) is 5.64. The lowest BCUT2D eigenvalue weighted by molar-refractivity contribution is 0.907. The predicted octanol–water partition coefficient (Wildman–Crippen LogP) is 7.10. The van der Waals surface area contributed by atoms with E-state index in [1.165, 1.54) is 0 Å². The van der Waals surface area contributed by atoms with Gasteiger partial charge in [-0.1, -0.05) is 60.4 Å². The van der Waals surface area contributed by atoms with Crippen molar-refractivity contribution in [1.82, 2.24) is 19.1 Å². The molecular weight excluding hydrogens is 592 g/mol. The minimum absolute atomic E-state index is 0.123. The van der Waals surface area contributed by atoms with E-state index in [1.807, 2.05) is 76.7 Å². The van der Waals surface area contributed by atoms with Gasteiger partial charge in [0.15, 0.2) is 11.4 Å². The molecule has 0 aliphatic rings. The number of aromatic nitrogens is 4. The maximum Gasteiger partial charge on any atom is 0.177 e. The molecular formula is C40H34N8. The highest BCUT2D eigenvalue weighted by atomic mass is 15.1. The molecule has 0 N–H and O–H groups in total. The number of rotatable bonds is 6. The fraction of sp³-hybridized carbons (Fsp3) is 0.150. The second-order valence-corrected chi connectivity index (χ2v) is 11.9. The molecule has 6 aromatic rings. The fourth-order valence-electron chi connectivity index (χ4n) is 5.64. The van der Waals surface area contributed by atoms with Gasteiger partial charge in [-0.05, 0) is 48.5 Å². The molecule has 0 aliphatic carbocycles. The third-order valence-electron chi connectivity index (χ3n) is 8.35. The summed E-state index contributed by atoms with van der Waals surface area (Å²) in [6.07, 6.45) is 0. The second-order valence-electron chi connectivity index (χ2n) is 11.9. The van der Waals surface area contributed by atoms with E-state index in [4.69, 9.17) is 4.98 Å². The quantitative estimate of drug-likeness (QED) is 0.183. The summed E-state index contributed by atoms with van der Waals surface area (Å²) in [4.78, 5) is 13.7. The molecule has 48 heavy (non-hydrogen) atoms. The topological polar surface area (TPSA) is 89.7 Å². The molecule has 6 rings (SSSR count). The van der Waals surface area contributed by atoms with Crippen LogP contribution in [0.25, 0.3) is 45.3 Å². The van der Waals surface area contributed by atoms with Gasteiger partial charge in [-0.2, -0.15) is 10.5 Å². The van der Waals surface area contributed by atoms with Crippen LogP contribution in [-0.2, 0) is 14.1 Å². The Morgan fingerprint density at radius 2 is 0.958 bits per heavy atom. The van der Waals surface area contributed by atoms with Crippen LogP contribution in [0, 0.1) is 34.5 Å². The Morgan fingerprint density at radius 3 is 1.38 bits per heavy atom. The summed E-state index contributed by atoms with van der Waals surface area (Å²) < 4.78 is 3.80. The van der Waals surface area contributed by atoms with E-state index >= 15 is 0 Å². The van der Waals surface area contributed by atoms with Gasteiger partial charge in [0.25, 0.3) is 0 Å². The van der Waals surface area contributed by atoms with Crippen LogP contribution < -0.4 is 9.80 Å². The van der Waals surface area contributed by atoms with Crippen molar-refractivity contribution in [2.75, 3.05) is 38.0 Å². The Balaban J connectivity index is 1.30. The summed E-state index contributed by atoms with van der Waals surface area (Å²) in [6, 6.07) is 36.9. The highest BCUT2D eigenvalue weighted by Crippen LogP contribution is 2.36. The van der Waals surface area contributed by atoms with E-state index in [1.54, 1.807) is 11.6 Å². The second kappa shape index (κ2) is 13.0. The summed E-state index contributed by atoms with van der Waals surface area (Å²) >= 11 is 0. The van der Waals surface area contributed by atoms with Crippen molar-refractivity contribution in [3.05, 3.63) is 120 Å². The molecule has 8 nitrogen and oxygen atoms in total. The van der Waals surface area contributed by atoms with E-state index < -0.39 is 0 Å². The van der Waals surface area contributed by atoms with E-state index in [2.05, 4.69) is 98.9 Å². The van der Waals surface area contributed by atoms with Crippen LogP contribution in [0.4, 0.5) is 11.4 Å². The van der Waals surface area contributed by atoms with Crippen LogP contribution in [-0.4, -0.2) is 47.3 Å². The van der Waals surface area contributed by atoms with Crippen molar-refractivity contribution >= 4 is 11.4 Å². The standard InChI is InChI=1S/C40H34N8/c1-45(2)33-21-17-29(18-22-33)37-38(30-19-23-34(24-20-30)46(3)4)48(6)40(44-37)32-15-11-28(12-16-32)8-7-27-9-13-31(14-10-27)39-43-35(25-41)36(26-42)47(39)5/h9-24H,1-6H3. The molecule has 2 aromatic heterocycles. The molecule has 0 fully saturated rings. The lowest BCUT2D eigenvalue weighted by Crippen LogP contribution is -2.08. The molecule has 0 saturated carbocycles. The van der Waals surface area contributed by atoms with Gasteiger partial charge < -0.3 is 18.9 Å². The van der Waals surface area contributed by atoms with E-state index in [9.17, 15) is 10.5 Å². The summed E-state index contributed by atoms with van der Waals surface area (Å²) in [5.41, 5.74) is 10.3. The maximum atomic E-state index is 9.38. The lowest BCUT2D eigenvalue weighted by Gasteiger charge is -2.14. The third kappa shape index (κ3) is 6.01. The van der Waals surface area contributed by atoms with Crippen molar-refractivity contribution in [3.8, 4) is 69.3 Å². The molecule has 2 heterocycles. The molecule has 0 aliphatic heterocycles. The van der Waals surface area contributed by atoms with Crippen LogP contribution >= 0.6 is 0 Å². The van der Waals surface area contributed by atoms with Gasteiger partial charge >= 0.3 is 0 Å². The van der Waals surface area contributed by atoms with Gasteiger partial charge in [0.2, 0.25) is 0 Å². The van der Waals surface area contributed by atoms with Gasteiger partial charge in [-0.25, -0.2) is 9.97 Å². The number of hydrogen-bond acceptors (Lipinski definition) is 6. The first kappa shape index (κ1) is 31.4.